The molecule has 5 heteroatoms. The van der Waals surface area contributed by atoms with Crippen LogP contribution in [0.15, 0.2) is 22.7 Å². The molecule has 0 fully saturated rings. The summed E-state index contributed by atoms with van der Waals surface area (Å²) in [6, 6.07) is 5.03. The molecule has 3 nitrogen and oxygen atoms in total. The van der Waals surface area contributed by atoms with E-state index < -0.39 is 0 Å². The van der Waals surface area contributed by atoms with E-state index in [9.17, 15) is 9.18 Å². The number of carbonyl (C=O) groups excluding carboxylic acids is 1. The summed E-state index contributed by atoms with van der Waals surface area (Å²) in [4.78, 5) is 13.5. The molecule has 0 bridgehead atoms. The second kappa shape index (κ2) is 8.27. The van der Waals surface area contributed by atoms with Gasteiger partial charge in [-0.1, -0.05) is 6.07 Å². The first kappa shape index (κ1) is 16.1. The molecular weight excluding hydrogens is 311 g/mol. The van der Waals surface area contributed by atoms with Crippen LogP contribution >= 0.6 is 15.9 Å². The van der Waals surface area contributed by atoms with Gasteiger partial charge < -0.3 is 10.2 Å². The summed E-state index contributed by atoms with van der Waals surface area (Å²) in [6.45, 7) is 6.60. The Labute approximate surface area is 122 Å². The van der Waals surface area contributed by atoms with E-state index in [0.29, 0.717) is 24.0 Å². The van der Waals surface area contributed by atoms with Crippen molar-refractivity contribution in [3.8, 4) is 0 Å². The summed E-state index contributed by atoms with van der Waals surface area (Å²) in [6.07, 6.45) is 0.473. The Hall–Kier alpha value is -0.940. The van der Waals surface area contributed by atoms with Gasteiger partial charge in [0, 0.05) is 32.6 Å². The maximum atomic E-state index is 13.3. The number of amides is 1. The Kier molecular flexibility index (Phi) is 7.02. The Morgan fingerprint density at radius 2 is 2.05 bits per heavy atom. The third-order valence-electron chi connectivity index (χ3n) is 2.94. The summed E-state index contributed by atoms with van der Waals surface area (Å²) in [5.74, 6) is -0.113. The number of rotatable bonds is 7. The third kappa shape index (κ3) is 5.28. The minimum absolute atomic E-state index is 0.152. The molecular formula is C14H20BrFN2O. The van der Waals surface area contributed by atoms with Crippen LogP contribution < -0.4 is 5.32 Å². The summed E-state index contributed by atoms with van der Waals surface area (Å²) < 4.78 is 13.7. The lowest BCUT2D eigenvalue weighted by atomic mass is 10.2. The predicted octanol–water partition coefficient (Wildman–Crippen LogP) is 2.94. The van der Waals surface area contributed by atoms with E-state index in [1.807, 2.05) is 19.9 Å². The van der Waals surface area contributed by atoms with Crippen LogP contribution in [0, 0.1) is 5.82 Å². The molecule has 0 saturated carbocycles. The van der Waals surface area contributed by atoms with Gasteiger partial charge in [0.05, 0.1) is 4.47 Å². The number of benzene rings is 1. The van der Waals surface area contributed by atoms with Gasteiger partial charge in [-0.05, 0) is 47.5 Å². The van der Waals surface area contributed by atoms with Crippen molar-refractivity contribution in [1.82, 2.24) is 10.2 Å². The SMILES string of the molecule is CCN(CC)C(=O)CCNCc1ccc(Br)c(F)c1. The van der Waals surface area contributed by atoms with Crippen LogP contribution in [0.4, 0.5) is 4.39 Å². The van der Waals surface area contributed by atoms with Crippen LogP contribution in [-0.2, 0) is 11.3 Å². The molecule has 1 aromatic carbocycles. The minimum Gasteiger partial charge on any atom is -0.343 e. The number of hydrogen-bond donors (Lipinski definition) is 1. The van der Waals surface area contributed by atoms with E-state index in [1.165, 1.54) is 6.07 Å². The zero-order valence-corrected chi connectivity index (χ0v) is 13.0. The van der Waals surface area contributed by atoms with Gasteiger partial charge in [0.1, 0.15) is 5.82 Å². The molecule has 1 N–H and O–H groups in total. The molecule has 1 aromatic rings. The van der Waals surface area contributed by atoms with Gasteiger partial charge in [-0.15, -0.1) is 0 Å². The minimum atomic E-state index is -0.265. The quantitative estimate of drug-likeness (QED) is 0.779. The highest BCUT2D eigenvalue weighted by Crippen LogP contribution is 2.16. The molecule has 19 heavy (non-hydrogen) atoms. The largest absolute Gasteiger partial charge is 0.343 e. The number of hydrogen-bond acceptors (Lipinski definition) is 2. The zero-order chi connectivity index (χ0) is 14.3. The molecule has 0 aliphatic heterocycles. The van der Waals surface area contributed by atoms with Crippen molar-refractivity contribution in [2.24, 2.45) is 0 Å². The molecule has 0 spiro atoms. The topological polar surface area (TPSA) is 32.3 Å². The van der Waals surface area contributed by atoms with E-state index in [0.717, 1.165) is 18.7 Å². The fraction of sp³-hybridized carbons (Fsp3) is 0.500. The molecule has 1 rings (SSSR count). The molecule has 0 heterocycles. The first-order valence-corrected chi connectivity index (χ1v) is 7.30. The molecule has 0 radical (unpaired) electrons. The van der Waals surface area contributed by atoms with E-state index in [2.05, 4.69) is 21.2 Å². The first-order valence-electron chi connectivity index (χ1n) is 6.50. The Morgan fingerprint density at radius 1 is 1.37 bits per heavy atom. The van der Waals surface area contributed by atoms with E-state index in [4.69, 9.17) is 0 Å². The zero-order valence-electron chi connectivity index (χ0n) is 11.4. The van der Waals surface area contributed by atoms with Crippen molar-refractivity contribution in [1.29, 1.82) is 0 Å². The van der Waals surface area contributed by atoms with E-state index >= 15 is 0 Å². The Balaban J connectivity index is 2.31. The maximum Gasteiger partial charge on any atom is 0.223 e. The summed E-state index contributed by atoms with van der Waals surface area (Å²) in [7, 11) is 0. The summed E-state index contributed by atoms with van der Waals surface area (Å²) in [5, 5.41) is 3.15. The molecule has 106 valence electrons. The standard InChI is InChI=1S/C14H20BrFN2O/c1-3-18(4-2)14(19)7-8-17-10-11-5-6-12(15)13(16)9-11/h5-6,9,17H,3-4,7-8,10H2,1-2H3. The molecule has 1 amide bonds. The van der Waals surface area contributed by atoms with Crippen molar-refractivity contribution in [2.45, 2.75) is 26.8 Å². The molecule has 0 unspecified atom stereocenters. The predicted molar refractivity (Wildman–Crippen MR) is 78.4 cm³/mol. The van der Waals surface area contributed by atoms with Crippen LogP contribution in [0.3, 0.4) is 0 Å². The lowest BCUT2D eigenvalue weighted by Crippen LogP contribution is -2.32. The number of nitrogens with one attached hydrogen (secondary N) is 1. The lowest BCUT2D eigenvalue weighted by Gasteiger charge is -2.18. The molecule has 0 aromatic heterocycles. The third-order valence-corrected chi connectivity index (χ3v) is 3.59. The monoisotopic (exact) mass is 330 g/mol. The van der Waals surface area contributed by atoms with Crippen molar-refractivity contribution < 1.29 is 9.18 Å². The average molecular weight is 331 g/mol. The normalized spacial score (nSPS) is 10.5. The van der Waals surface area contributed by atoms with Crippen LogP contribution in [0.1, 0.15) is 25.8 Å². The summed E-state index contributed by atoms with van der Waals surface area (Å²) >= 11 is 3.12. The van der Waals surface area contributed by atoms with Gasteiger partial charge in [0.25, 0.3) is 0 Å². The Morgan fingerprint density at radius 3 is 2.63 bits per heavy atom. The van der Waals surface area contributed by atoms with Crippen molar-refractivity contribution >= 4 is 21.8 Å². The van der Waals surface area contributed by atoms with Gasteiger partial charge in [0.2, 0.25) is 5.91 Å². The molecule has 0 atom stereocenters. The fourth-order valence-electron chi connectivity index (χ4n) is 1.81. The summed E-state index contributed by atoms with van der Waals surface area (Å²) in [5.41, 5.74) is 0.871. The molecule has 0 aliphatic rings. The second-order valence-corrected chi connectivity index (χ2v) is 5.10. The second-order valence-electron chi connectivity index (χ2n) is 4.24. The Bertz CT molecular complexity index is 422. The van der Waals surface area contributed by atoms with E-state index in [1.54, 1.807) is 11.0 Å². The van der Waals surface area contributed by atoms with Crippen LogP contribution in [0.2, 0.25) is 0 Å². The fourth-order valence-corrected chi connectivity index (χ4v) is 2.06. The van der Waals surface area contributed by atoms with Gasteiger partial charge >= 0.3 is 0 Å². The van der Waals surface area contributed by atoms with Crippen molar-refractivity contribution in [3.05, 3.63) is 34.1 Å². The molecule has 0 saturated heterocycles. The van der Waals surface area contributed by atoms with Gasteiger partial charge in [-0.2, -0.15) is 0 Å². The van der Waals surface area contributed by atoms with E-state index in [-0.39, 0.29) is 11.7 Å². The first-order chi connectivity index (χ1) is 9.08. The van der Waals surface area contributed by atoms with Gasteiger partial charge in [-0.25, -0.2) is 4.39 Å². The highest BCUT2D eigenvalue weighted by Gasteiger charge is 2.08. The number of nitrogens with zero attached hydrogens (tertiary/aromatic N) is 1. The van der Waals surface area contributed by atoms with Crippen LogP contribution in [-0.4, -0.2) is 30.4 Å². The van der Waals surface area contributed by atoms with Crippen molar-refractivity contribution in [3.63, 3.8) is 0 Å². The maximum absolute atomic E-state index is 13.3. The van der Waals surface area contributed by atoms with Gasteiger partial charge in [-0.3, -0.25) is 4.79 Å². The number of halogens is 2. The smallest absolute Gasteiger partial charge is 0.223 e. The number of carbonyl (C=O) groups is 1. The highest BCUT2D eigenvalue weighted by molar-refractivity contribution is 9.10. The van der Waals surface area contributed by atoms with Crippen molar-refractivity contribution in [2.75, 3.05) is 19.6 Å². The lowest BCUT2D eigenvalue weighted by molar-refractivity contribution is -0.130. The van der Waals surface area contributed by atoms with Crippen LogP contribution in [0.25, 0.3) is 0 Å². The average Bonchev–Trinajstić information content (AvgIpc) is 2.40. The van der Waals surface area contributed by atoms with Gasteiger partial charge in [0.15, 0.2) is 0 Å². The van der Waals surface area contributed by atoms with Crippen LogP contribution in [0.5, 0.6) is 0 Å². The highest BCUT2D eigenvalue weighted by atomic mass is 79.9. The molecule has 0 aliphatic carbocycles.